The van der Waals surface area contributed by atoms with E-state index in [1.807, 2.05) is 30.0 Å². The number of rotatable bonds is 7. The topological polar surface area (TPSA) is 92.3 Å². The summed E-state index contributed by atoms with van der Waals surface area (Å²) in [7, 11) is 0. The minimum Gasteiger partial charge on any atom is -0.373 e. The van der Waals surface area contributed by atoms with E-state index in [-0.39, 0.29) is 18.6 Å². The number of aromatic nitrogens is 3. The first-order valence-corrected chi connectivity index (χ1v) is 11.5. The van der Waals surface area contributed by atoms with E-state index < -0.39 is 11.7 Å². The number of carbonyl (C=O) groups excluding carboxylic acids is 1. The van der Waals surface area contributed by atoms with Gasteiger partial charge in [-0.1, -0.05) is 18.2 Å². The number of nitrogens with zero attached hydrogens (tertiary/aromatic N) is 4. The molecule has 11 heteroatoms. The Balaban J connectivity index is 1.32. The van der Waals surface area contributed by atoms with Crippen LogP contribution in [-0.2, 0) is 22.3 Å². The molecule has 0 spiro atoms. The SMILES string of the molecule is CC(=O)Nc1cc(Nc2ncnc(N3CCC(OCc4cccc(C(F)(F)F)c4)CC3)n2)ccc1C. The van der Waals surface area contributed by atoms with Crippen molar-refractivity contribution in [3.63, 3.8) is 0 Å². The van der Waals surface area contributed by atoms with Gasteiger partial charge in [-0.25, -0.2) is 9.97 Å². The van der Waals surface area contributed by atoms with Gasteiger partial charge >= 0.3 is 6.18 Å². The lowest BCUT2D eigenvalue weighted by molar-refractivity contribution is -0.137. The molecular formula is C25H27F3N6O2. The molecule has 0 aliphatic carbocycles. The zero-order valence-corrected chi connectivity index (χ0v) is 20.0. The fourth-order valence-corrected chi connectivity index (χ4v) is 3.93. The zero-order chi connectivity index (χ0) is 25.7. The number of hydrogen-bond acceptors (Lipinski definition) is 7. The first-order chi connectivity index (χ1) is 17.2. The van der Waals surface area contributed by atoms with Crippen molar-refractivity contribution in [1.82, 2.24) is 15.0 Å². The van der Waals surface area contributed by atoms with Crippen LogP contribution < -0.4 is 15.5 Å². The lowest BCUT2D eigenvalue weighted by Crippen LogP contribution is -2.38. The Labute approximate surface area is 206 Å². The van der Waals surface area contributed by atoms with Crippen LogP contribution in [0.1, 0.15) is 36.5 Å². The van der Waals surface area contributed by atoms with Gasteiger partial charge in [0.25, 0.3) is 0 Å². The lowest BCUT2D eigenvalue weighted by Gasteiger charge is -2.32. The van der Waals surface area contributed by atoms with Crippen LogP contribution >= 0.6 is 0 Å². The molecule has 2 N–H and O–H groups in total. The van der Waals surface area contributed by atoms with Crippen molar-refractivity contribution in [2.45, 2.75) is 45.6 Å². The van der Waals surface area contributed by atoms with Gasteiger partial charge in [-0.15, -0.1) is 0 Å². The summed E-state index contributed by atoms with van der Waals surface area (Å²) < 4.78 is 44.6. The minimum atomic E-state index is -4.37. The highest BCUT2D eigenvalue weighted by Crippen LogP contribution is 2.30. The Morgan fingerprint density at radius 3 is 2.64 bits per heavy atom. The zero-order valence-electron chi connectivity index (χ0n) is 20.0. The summed E-state index contributed by atoms with van der Waals surface area (Å²) in [6, 6.07) is 10.8. The van der Waals surface area contributed by atoms with Gasteiger partial charge < -0.3 is 20.3 Å². The first-order valence-electron chi connectivity index (χ1n) is 11.5. The van der Waals surface area contributed by atoms with E-state index in [2.05, 4.69) is 25.6 Å². The molecule has 1 aliphatic heterocycles. The fourth-order valence-electron chi connectivity index (χ4n) is 3.93. The minimum absolute atomic E-state index is 0.0602. The summed E-state index contributed by atoms with van der Waals surface area (Å²) in [6.45, 7) is 4.79. The monoisotopic (exact) mass is 500 g/mol. The summed E-state index contributed by atoms with van der Waals surface area (Å²) in [5, 5.41) is 5.94. The maximum absolute atomic E-state index is 12.9. The van der Waals surface area contributed by atoms with E-state index in [0.717, 1.165) is 23.4 Å². The molecule has 2 aromatic carbocycles. The van der Waals surface area contributed by atoms with Crippen LogP contribution in [-0.4, -0.2) is 40.1 Å². The Hall–Kier alpha value is -3.73. The molecule has 36 heavy (non-hydrogen) atoms. The number of benzene rings is 2. The number of ether oxygens (including phenoxy) is 1. The summed E-state index contributed by atoms with van der Waals surface area (Å²) in [4.78, 5) is 26.4. The standard InChI is InChI=1S/C25H27F3N6O2/c1-16-6-7-20(13-22(16)31-17(2)35)32-23-29-15-30-24(33-23)34-10-8-21(9-11-34)36-14-18-4-3-5-19(12-18)25(26,27)28/h3-7,12-13,15,21H,8-11,14H2,1-2H3,(H,31,35)(H,29,30,32,33). The molecule has 0 bridgehead atoms. The third-order valence-corrected chi connectivity index (χ3v) is 5.83. The number of hydrogen-bond donors (Lipinski definition) is 2. The molecule has 0 saturated carbocycles. The number of alkyl halides is 3. The van der Waals surface area contributed by atoms with Gasteiger partial charge in [0.05, 0.1) is 18.3 Å². The van der Waals surface area contributed by atoms with Gasteiger partial charge in [-0.2, -0.15) is 18.2 Å². The second-order valence-corrected chi connectivity index (χ2v) is 8.64. The molecular weight excluding hydrogens is 473 g/mol. The number of amides is 1. The van der Waals surface area contributed by atoms with E-state index >= 15 is 0 Å². The molecule has 8 nitrogen and oxygen atoms in total. The maximum atomic E-state index is 12.9. The molecule has 0 atom stereocenters. The van der Waals surface area contributed by atoms with Gasteiger partial charge in [0.15, 0.2) is 0 Å². The van der Waals surface area contributed by atoms with E-state index in [4.69, 9.17) is 4.74 Å². The van der Waals surface area contributed by atoms with Crippen molar-refractivity contribution in [2.24, 2.45) is 0 Å². The smallest absolute Gasteiger partial charge is 0.373 e. The van der Waals surface area contributed by atoms with Gasteiger partial charge in [0, 0.05) is 31.4 Å². The highest BCUT2D eigenvalue weighted by atomic mass is 19.4. The van der Waals surface area contributed by atoms with Gasteiger partial charge in [0.1, 0.15) is 6.33 Å². The van der Waals surface area contributed by atoms with Crippen molar-refractivity contribution in [3.05, 3.63) is 65.5 Å². The lowest BCUT2D eigenvalue weighted by atomic mass is 10.1. The molecule has 2 heterocycles. The average molecular weight is 501 g/mol. The highest BCUT2D eigenvalue weighted by Gasteiger charge is 2.30. The molecule has 1 aromatic heterocycles. The highest BCUT2D eigenvalue weighted by molar-refractivity contribution is 5.90. The van der Waals surface area contributed by atoms with Crippen LogP contribution in [0.2, 0.25) is 0 Å². The Morgan fingerprint density at radius 2 is 1.92 bits per heavy atom. The molecule has 0 unspecified atom stereocenters. The van der Waals surface area contributed by atoms with Crippen molar-refractivity contribution >= 4 is 29.2 Å². The fraction of sp³-hybridized carbons (Fsp3) is 0.360. The molecule has 1 saturated heterocycles. The molecule has 3 aromatic rings. The quantitative estimate of drug-likeness (QED) is 0.467. The van der Waals surface area contributed by atoms with Gasteiger partial charge in [0.2, 0.25) is 17.8 Å². The Kier molecular flexibility index (Phi) is 7.68. The predicted molar refractivity (Wildman–Crippen MR) is 130 cm³/mol. The number of nitrogens with one attached hydrogen (secondary N) is 2. The summed E-state index contributed by atoms with van der Waals surface area (Å²) in [5.41, 5.74) is 2.19. The van der Waals surface area contributed by atoms with Crippen LogP contribution in [0.15, 0.2) is 48.8 Å². The van der Waals surface area contributed by atoms with Crippen LogP contribution in [0.4, 0.5) is 36.4 Å². The van der Waals surface area contributed by atoms with Crippen molar-refractivity contribution in [2.75, 3.05) is 28.6 Å². The normalized spacial score (nSPS) is 14.5. The Morgan fingerprint density at radius 1 is 1.14 bits per heavy atom. The third kappa shape index (κ3) is 6.69. The van der Waals surface area contributed by atoms with E-state index in [9.17, 15) is 18.0 Å². The average Bonchev–Trinajstić information content (AvgIpc) is 2.85. The predicted octanol–water partition coefficient (Wildman–Crippen LogP) is 5.09. The number of carbonyl (C=O) groups is 1. The summed E-state index contributed by atoms with van der Waals surface area (Å²) in [6.07, 6.45) is -1.59. The van der Waals surface area contributed by atoms with Crippen LogP contribution in [0.5, 0.6) is 0 Å². The number of anilines is 4. The maximum Gasteiger partial charge on any atom is 0.416 e. The molecule has 190 valence electrons. The molecule has 1 fully saturated rings. The van der Waals surface area contributed by atoms with E-state index in [1.54, 1.807) is 6.07 Å². The number of halogens is 3. The largest absolute Gasteiger partial charge is 0.416 e. The van der Waals surface area contributed by atoms with Crippen LogP contribution in [0, 0.1) is 6.92 Å². The summed E-state index contributed by atoms with van der Waals surface area (Å²) >= 11 is 0. The Bertz CT molecular complexity index is 1210. The van der Waals surface area contributed by atoms with Gasteiger partial charge in [-0.3, -0.25) is 4.79 Å². The first kappa shape index (κ1) is 25.4. The van der Waals surface area contributed by atoms with Crippen LogP contribution in [0.25, 0.3) is 0 Å². The number of aryl methyl sites for hydroxylation is 1. The van der Waals surface area contributed by atoms with E-state index in [0.29, 0.717) is 49.1 Å². The molecule has 1 aliphatic rings. The summed E-state index contributed by atoms with van der Waals surface area (Å²) in [5.74, 6) is 0.749. The van der Waals surface area contributed by atoms with Crippen molar-refractivity contribution in [3.8, 4) is 0 Å². The third-order valence-electron chi connectivity index (χ3n) is 5.83. The number of piperidine rings is 1. The van der Waals surface area contributed by atoms with Crippen molar-refractivity contribution < 1.29 is 22.7 Å². The van der Waals surface area contributed by atoms with Gasteiger partial charge in [-0.05, 0) is 55.2 Å². The van der Waals surface area contributed by atoms with Crippen molar-refractivity contribution in [1.29, 1.82) is 0 Å². The second-order valence-electron chi connectivity index (χ2n) is 8.64. The van der Waals surface area contributed by atoms with Crippen LogP contribution in [0.3, 0.4) is 0 Å². The van der Waals surface area contributed by atoms with E-state index in [1.165, 1.54) is 19.3 Å². The second kappa shape index (κ2) is 10.9. The molecule has 0 radical (unpaired) electrons. The molecule has 1 amide bonds. The molecule has 4 rings (SSSR count).